The van der Waals surface area contributed by atoms with Crippen LogP contribution in [0.3, 0.4) is 0 Å². The summed E-state index contributed by atoms with van der Waals surface area (Å²) in [6, 6.07) is 0.735. The van der Waals surface area contributed by atoms with E-state index in [1.165, 1.54) is 11.5 Å². The molecule has 0 atom stereocenters. The summed E-state index contributed by atoms with van der Waals surface area (Å²) in [5.41, 5.74) is -0.465. The van der Waals surface area contributed by atoms with E-state index in [-0.39, 0.29) is 0 Å². The van der Waals surface area contributed by atoms with E-state index in [2.05, 4.69) is 4.90 Å². The van der Waals surface area contributed by atoms with Gasteiger partial charge in [-0.25, -0.2) is 0 Å². The molecule has 0 amide bonds. The normalized spacial score (nSPS) is 28.4. The third-order valence-corrected chi connectivity index (χ3v) is 4.80. The van der Waals surface area contributed by atoms with Crippen molar-refractivity contribution in [3.63, 3.8) is 0 Å². The second-order valence-corrected chi connectivity index (χ2v) is 5.67. The average Bonchev–Trinajstić information content (AvgIpc) is 2.06. The van der Waals surface area contributed by atoms with Gasteiger partial charge in [0.15, 0.2) is 0 Å². The molecule has 0 aromatic heterocycles. The largest absolute Gasteiger partial charge is 0.481 e. The topological polar surface area (TPSA) is 40.5 Å². The van der Waals surface area contributed by atoms with Crippen LogP contribution in [0.5, 0.6) is 0 Å². The zero-order valence-electron chi connectivity index (χ0n) is 8.53. The van der Waals surface area contributed by atoms with Gasteiger partial charge in [0, 0.05) is 17.5 Å². The number of hydrogen-bond acceptors (Lipinski definition) is 3. The van der Waals surface area contributed by atoms with Gasteiger partial charge < -0.3 is 5.11 Å². The summed E-state index contributed by atoms with van der Waals surface area (Å²) in [5, 5.41) is 9.07. The zero-order chi connectivity index (χ0) is 10.2. The Morgan fingerprint density at radius 1 is 1.43 bits per heavy atom. The quantitative estimate of drug-likeness (QED) is 0.753. The molecule has 2 fully saturated rings. The molecule has 2 heterocycles. The highest BCUT2D eigenvalue weighted by molar-refractivity contribution is 8.00. The first kappa shape index (κ1) is 10.3. The highest BCUT2D eigenvalue weighted by Crippen LogP contribution is 2.34. The predicted molar refractivity (Wildman–Crippen MR) is 57.7 cm³/mol. The van der Waals surface area contributed by atoms with E-state index >= 15 is 0 Å². The molecule has 2 aliphatic heterocycles. The fraction of sp³-hybridized carbons (Fsp3) is 0.900. The summed E-state index contributed by atoms with van der Waals surface area (Å²) in [6.45, 7) is 3.81. The number of carboxylic acid groups (broad SMARTS) is 1. The molecule has 0 aliphatic carbocycles. The van der Waals surface area contributed by atoms with Gasteiger partial charge in [0.05, 0.1) is 5.41 Å². The number of piperidine rings is 1. The van der Waals surface area contributed by atoms with Crippen molar-refractivity contribution >= 4 is 17.7 Å². The van der Waals surface area contributed by atoms with Crippen LogP contribution in [0, 0.1) is 5.41 Å². The predicted octanol–water partition coefficient (Wildman–Crippen LogP) is 1.29. The van der Waals surface area contributed by atoms with Crippen LogP contribution in [0.15, 0.2) is 0 Å². The molecular weight excluding hydrogens is 198 g/mol. The van der Waals surface area contributed by atoms with Crippen molar-refractivity contribution in [1.82, 2.24) is 4.90 Å². The summed E-state index contributed by atoms with van der Waals surface area (Å²) in [5.74, 6) is 1.85. The first-order valence-electron chi connectivity index (χ1n) is 5.17. The van der Waals surface area contributed by atoms with Crippen molar-refractivity contribution in [2.75, 3.05) is 24.6 Å². The smallest absolute Gasteiger partial charge is 0.309 e. The molecule has 0 saturated carbocycles. The monoisotopic (exact) mass is 215 g/mol. The standard InChI is InChI=1S/C10H17NO2S/c1-10(9(12)13)2-4-11(5-3-10)8-6-14-7-8/h8H,2-7H2,1H3,(H,12,13). The summed E-state index contributed by atoms with van der Waals surface area (Å²) in [7, 11) is 0. The van der Waals surface area contributed by atoms with Gasteiger partial charge in [-0.15, -0.1) is 0 Å². The van der Waals surface area contributed by atoms with E-state index in [1.54, 1.807) is 0 Å². The van der Waals surface area contributed by atoms with Crippen LogP contribution in [0.1, 0.15) is 19.8 Å². The lowest BCUT2D eigenvalue weighted by atomic mass is 9.80. The average molecular weight is 215 g/mol. The van der Waals surface area contributed by atoms with Gasteiger partial charge in [0.1, 0.15) is 0 Å². The van der Waals surface area contributed by atoms with Crippen molar-refractivity contribution in [2.45, 2.75) is 25.8 Å². The lowest BCUT2D eigenvalue weighted by molar-refractivity contribution is -0.151. The fourth-order valence-corrected chi connectivity index (χ4v) is 2.90. The molecule has 0 aromatic rings. The lowest BCUT2D eigenvalue weighted by Crippen LogP contribution is -2.51. The van der Waals surface area contributed by atoms with Crippen molar-refractivity contribution in [2.24, 2.45) is 5.41 Å². The molecule has 2 rings (SSSR count). The van der Waals surface area contributed by atoms with Crippen LogP contribution in [-0.4, -0.2) is 46.6 Å². The van der Waals surface area contributed by atoms with E-state index in [1.807, 2.05) is 18.7 Å². The molecule has 2 aliphatic rings. The minimum absolute atomic E-state index is 0.465. The molecule has 80 valence electrons. The maximum Gasteiger partial charge on any atom is 0.309 e. The molecule has 0 aromatic carbocycles. The van der Waals surface area contributed by atoms with Crippen molar-refractivity contribution < 1.29 is 9.90 Å². The number of likely N-dealkylation sites (tertiary alicyclic amines) is 1. The Labute approximate surface area is 88.9 Å². The van der Waals surface area contributed by atoms with Crippen LogP contribution < -0.4 is 0 Å². The van der Waals surface area contributed by atoms with E-state index in [0.717, 1.165) is 32.0 Å². The molecule has 0 spiro atoms. The molecule has 0 bridgehead atoms. The van der Waals surface area contributed by atoms with Gasteiger partial charge in [0.25, 0.3) is 0 Å². The van der Waals surface area contributed by atoms with E-state index in [4.69, 9.17) is 5.11 Å². The molecule has 0 unspecified atom stereocenters. The number of rotatable bonds is 2. The Kier molecular flexibility index (Phi) is 2.75. The van der Waals surface area contributed by atoms with Crippen molar-refractivity contribution in [3.05, 3.63) is 0 Å². The van der Waals surface area contributed by atoms with Gasteiger partial charge in [-0.2, -0.15) is 11.8 Å². The van der Waals surface area contributed by atoms with Gasteiger partial charge >= 0.3 is 5.97 Å². The van der Waals surface area contributed by atoms with Gasteiger partial charge in [0.2, 0.25) is 0 Å². The Morgan fingerprint density at radius 2 is 2.00 bits per heavy atom. The van der Waals surface area contributed by atoms with Crippen molar-refractivity contribution in [3.8, 4) is 0 Å². The Balaban J connectivity index is 1.87. The minimum Gasteiger partial charge on any atom is -0.481 e. The van der Waals surface area contributed by atoms with Gasteiger partial charge in [-0.1, -0.05) is 0 Å². The number of carbonyl (C=O) groups is 1. The zero-order valence-corrected chi connectivity index (χ0v) is 9.35. The SMILES string of the molecule is CC1(C(=O)O)CCN(C2CSC2)CC1. The summed E-state index contributed by atoms with van der Waals surface area (Å²) in [4.78, 5) is 13.5. The van der Waals surface area contributed by atoms with Crippen LogP contribution in [0.25, 0.3) is 0 Å². The second-order valence-electron chi connectivity index (χ2n) is 4.59. The Bertz CT molecular complexity index is 232. The van der Waals surface area contributed by atoms with Crippen molar-refractivity contribution in [1.29, 1.82) is 0 Å². The third-order valence-electron chi connectivity index (χ3n) is 3.55. The molecule has 14 heavy (non-hydrogen) atoms. The first-order chi connectivity index (χ1) is 6.62. The highest BCUT2D eigenvalue weighted by Gasteiger charge is 2.39. The number of aliphatic carboxylic acids is 1. The summed E-state index contributed by atoms with van der Waals surface area (Å²) in [6.07, 6.45) is 1.62. The molecule has 2 saturated heterocycles. The molecule has 4 heteroatoms. The summed E-state index contributed by atoms with van der Waals surface area (Å²) >= 11 is 1.99. The fourth-order valence-electron chi connectivity index (χ4n) is 2.03. The third kappa shape index (κ3) is 1.77. The van der Waals surface area contributed by atoms with Gasteiger partial charge in [-0.05, 0) is 32.9 Å². The molecule has 0 radical (unpaired) electrons. The number of nitrogens with zero attached hydrogens (tertiary/aromatic N) is 1. The molecule has 1 N–H and O–H groups in total. The minimum atomic E-state index is -0.625. The Hall–Kier alpha value is -0.220. The van der Waals surface area contributed by atoms with Crippen LogP contribution in [0.2, 0.25) is 0 Å². The summed E-state index contributed by atoms with van der Waals surface area (Å²) < 4.78 is 0. The lowest BCUT2D eigenvalue weighted by Gasteiger charge is -2.43. The Morgan fingerprint density at radius 3 is 2.36 bits per heavy atom. The number of carboxylic acids is 1. The van der Waals surface area contributed by atoms with Crippen LogP contribution in [-0.2, 0) is 4.79 Å². The second kappa shape index (κ2) is 3.74. The molecular formula is C10H17NO2S. The maximum atomic E-state index is 11.0. The van der Waals surface area contributed by atoms with E-state index in [0.29, 0.717) is 0 Å². The van der Waals surface area contributed by atoms with Crippen LogP contribution in [0.4, 0.5) is 0 Å². The first-order valence-corrected chi connectivity index (χ1v) is 6.32. The highest BCUT2D eigenvalue weighted by atomic mass is 32.2. The number of thioether (sulfide) groups is 1. The van der Waals surface area contributed by atoms with E-state index in [9.17, 15) is 4.79 Å². The number of hydrogen-bond donors (Lipinski definition) is 1. The van der Waals surface area contributed by atoms with E-state index < -0.39 is 11.4 Å². The maximum absolute atomic E-state index is 11.0. The van der Waals surface area contributed by atoms with Crippen LogP contribution >= 0.6 is 11.8 Å². The van der Waals surface area contributed by atoms with Gasteiger partial charge in [-0.3, -0.25) is 9.69 Å². The molecule has 3 nitrogen and oxygen atoms in total.